The van der Waals surface area contributed by atoms with E-state index in [0.29, 0.717) is 23.9 Å². The normalized spacial score (nSPS) is 25.2. The summed E-state index contributed by atoms with van der Waals surface area (Å²) in [6.45, 7) is 2.43. The van der Waals surface area contributed by atoms with Crippen LogP contribution < -0.4 is 5.32 Å². The smallest absolute Gasteiger partial charge is 0.191 e. The van der Waals surface area contributed by atoms with E-state index in [2.05, 4.69) is 52.9 Å². The first-order chi connectivity index (χ1) is 15.3. The first-order valence-electron chi connectivity index (χ1n) is 11.4. The second-order valence-corrected chi connectivity index (χ2v) is 9.82. The molecular formula is C23H30N6OS. The third-order valence-corrected chi connectivity index (χ3v) is 7.53. The van der Waals surface area contributed by atoms with Crippen molar-refractivity contribution >= 4 is 28.7 Å². The zero-order chi connectivity index (χ0) is 21.2. The Morgan fingerprint density at radius 1 is 1.16 bits per heavy atom. The van der Waals surface area contributed by atoms with Gasteiger partial charge in [0.15, 0.2) is 22.1 Å². The lowest BCUT2D eigenvalue weighted by atomic mass is 10.0. The molecule has 164 valence electrons. The Kier molecular flexibility index (Phi) is 6.09. The Bertz CT molecular complexity index is 1030. The van der Waals surface area contributed by atoms with Crippen LogP contribution in [0.25, 0.3) is 11.2 Å². The van der Waals surface area contributed by atoms with Gasteiger partial charge in [-0.2, -0.15) is 0 Å². The zero-order valence-electron chi connectivity index (χ0n) is 17.9. The van der Waals surface area contributed by atoms with E-state index in [1.807, 2.05) is 4.68 Å². The van der Waals surface area contributed by atoms with Crippen LogP contribution in [0.3, 0.4) is 0 Å². The number of rotatable bonds is 9. The van der Waals surface area contributed by atoms with Gasteiger partial charge in [0.05, 0.1) is 6.04 Å². The van der Waals surface area contributed by atoms with E-state index >= 15 is 0 Å². The number of thioether (sulfide) groups is 1. The molecule has 3 aromatic rings. The highest BCUT2D eigenvalue weighted by atomic mass is 32.2. The minimum atomic E-state index is 0.257. The number of hydrogen-bond acceptors (Lipinski definition) is 7. The van der Waals surface area contributed by atoms with Gasteiger partial charge in [0.2, 0.25) is 0 Å². The molecule has 0 saturated heterocycles. The van der Waals surface area contributed by atoms with Gasteiger partial charge in [0, 0.05) is 24.3 Å². The van der Waals surface area contributed by atoms with Gasteiger partial charge in [-0.15, -0.1) is 5.10 Å². The number of benzene rings is 1. The Labute approximate surface area is 187 Å². The third-order valence-electron chi connectivity index (χ3n) is 6.48. The monoisotopic (exact) mass is 438 g/mol. The number of hydrogen-bond donors (Lipinski definition) is 2. The standard InChI is InChI=1S/C23H30N6OS/c1-2-12-31-23-25-21(24-19-14-18(19)16-6-4-3-5-7-16)20-22(26-23)29(28-27-20)17-9-8-15(13-17)10-11-30/h3-7,15,17-19,30H,2,8-14H2,1H3,(H,24,25,26). The van der Waals surface area contributed by atoms with E-state index in [0.717, 1.165) is 66.4 Å². The van der Waals surface area contributed by atoms with Crippen molar-refractivity contribution in [3.63, 3.8) is 0 Å². The minimum Gasteiger partial charge on any atom is -0.396 e. The van der Waals surface area contributed by atoms with Gasteiger partial charge < -0.3 is 10.4 Å². The summed E-state index contributed by atoms with van der Waals surface area (Å²) in [7, 11) is 0. The summed E-state index contributed by atoms with van der Waals surface area (Å²) in [4.78, 5) is 9.68. The van der Waals surface area contributed by atoms with Gasteiger partial charge in [-0.1, -0.05) is 54.2 Å². The van der Waals surface area contributed by atoms with Gasteiger partial charge >= 0.3 is 0 Å². The number of anilines is 1. The lowest BCUT2D eigenvalue weighted by Gasteiger charge is -2.12. The molecule has 7 nitrogen and oxygen atoms in total. The van der Waals surface area contributed by atoms with Crippen LogP contribution in [0, 0.1) is 5.92 Å². The number of aliphatic hydroxyl groups excluding tert-OH is 1. The minimum absolute atomic E-state index is 0.257. The van der Waals surface area contributed by atoms with E-state index in [9.17, 15) is 5.11 Å². The fraction of sp³-hybridized carbons (Fsp3) is 0.565. The third kappa shape index (κ3) is 4.41. The molecule has 4 atom stereocenters. The van der Waals surface area contributed by atoms with Crippen molar-refractivity contribution in [2.45, 2.75) is 68.6 Å². The average molecular weight is 439 g/mol. The molecule has 8 heteroatoms. The Morgan fingerprint density at radius 2 is 2.03 bits per heavy atom. The summed E-state index contributed by atoms with van der Waals surface area (Å²) in [5.41, 5.74) is 2.98. The molecule has 0 aliphatic heterocycles. The molecule has 2 aromatic heterocycles. The zero-order valence-corrected chi connectivity index (χ0v) is 18.8. The van der Waals surface area contributed by atoms with E-state index < -0.39 is 0 Å². The first kappa shape index (κ1) is 20.7. The summed E-state index contributed by atoms with van der Waals surface area (Å²) in [5.74, 6) is 2.87. The van der Waals surface area contributed by atoms with Crippen LogP contribution in [-0.4, -0.2) is 48.5 Å². The van der Waals surface area contributed by atoms with E-state index in [-0.39, 0.29) is 6.61 Å². The van der Waals surface area contributed by atoms with Crippen LogP contribution in [0.5, 0.6) is 0 Å². The quantitative estimate of drug-likeness (QED) is 0.378. The number of nitrogens with zero attached hydrogens (tertiary/aromatic N) is 5. The van der Waals surface area contributed by atoms with Gasteiger partial charge in [0.25, 0.3) is 0 Å². The molecule has 2 fully saturated rings. The molecule has 2 saturated carbocycles. The summed E-state index contributed by atoms with van der Waals surface area (Å²) in [5, 5.41) is 22.7. The van der Waals surface area contributed by atoms with Crippen molar-refractivity contribution in [3.8, 4) is 0 Å². The van der Waals surface area contributed by atoms with E-state index in [1.54, 1.807) is 11.8 Å². The molecule has 31 heavy (non-hydrogen) atoms. The maximum atomic E-state index is 9.30. The fourth-order valence-electron chi connectivity index (χ4n) is 4.73. The molecule has 0 spiro atoms. The molecule has 5 rings (SSSR count). The molecule has 2 N–H and O–H groups in total. The molecule has 0 radical (unpaired) electrons. The highest BCUT2D eigenvalue weighted by Crippen LogP contribution is 2.43. The number of fused-ring (bicyclic) bond motifs is 1. The van der Waals surface area contributed by atoms with Crippen molar-refractivity contribution in [1.82, 2.24) is 25.0 Å². The fourth-order valence-corrected chi connectivity index (χ4v) is 5.42. The lowest BCUT2D eigenvalue weighted by Crippen LogP contribution is -2.11. The Balaban J connectivity index is 1.41. The largest absolute Gasteiger partial charge is 0.396 e. The number of nitrogens with one attached hydrogen (secondary N) is 1. The second kappa shape index (κ2) is 9.12. The van der Waals surface area contributed by atoms with Crippen molar-refractivity contribution in [1.29, 1.82) is 0 Å². The molecule has 2 aliphatic carbocycles. The molecular weight excluding hydrogens is 408 g/mol. The summed E-state index contributed by atoms with van der Waals surface area (Å²) in [6.07, 6.45) is 6.27. The molecule has 4 unspecified atom stereocenters. The van der Waals surface area contributed by atoms with Gasteiger partial charge in [-0.3, -0.25) is 0 Å². The maximum Gasteiger partial charge on any atom is 0.191 e. The van der Waals surface area contributed by atoms with Crippen LogP contribution in [0.1, 0.15) is 63.0 Å². The number of aliphatic hydroxyl groups is 1. The molecule has 1 aromatic carbocycles. The van der Waals surface area contributed by atoms with Gasteiger partial charge in [-0.05, 0) is 50.0 Å². The van der Waals surface area contributed by atoms with Crippen LogP contribution in [0.2, 0.25) is 0 Å². The predicted molar refractivity (Wildman–Crippen MR) is 123 cm³/mol. The second-order valence-electron chi connectivity index (χ2n) is 8.76. The van der Waals surface area contributed by atoms with Crippen molar-refractivity contribution in [3.05, 3.63) is 35.9 Å². The summed E-state index contributed by atoms with van der Waals surface area (Å²) >= 11 is 1.69. The molecule has 2 heterocycles. The Morgan fingerprint density at radius 3 is 2.84 bits per heavy atom. The van der Waals surface area contributed by atoms with Crippen LogP contribution >= 0.6 is 11.8 Å². The summed E-state index contributed by atoms with van der Waals surface area (Å²) < 4.78 is 2.01. The highest BCUT2D eigenvalue weighted by molar-refractivity contribution is 7.99. The predicted octanol–water partition coefficient (Wildman–Crippen LogP) is 4.42. The Hall–Kier alpha value is -2.19. The SMILES string of the molecule is CCCSc1nc(NC2CC2c2ccccc2)c2nnn(C3CCC(CCO)C3)c2n1. The average Bonchev–Trinajstić information content (AvgIpc) is 3.18. The van der Waals surface area contributed by atoms with Gasteiger partial charge in [-0.25, -0.2) is 14.6 Å². The van der Waals surface area contributed by atoms with Crippen LogP contribution in [0.15, 0.2) is 35.5 Å². The van der Waals surface area contributed by atoms with Crippen LogP contribution in [-0.2, 0) is 0 Å². The lowest BCUT2D eigenvalue weighted by molar-refractivity contribution is 0.255. The van der Waals surface area contributed by atoms with E-state index in [1.165, 1.54) is 5.56 Å². The maximum absolute atomic E-state index is 9.30. The van der Waals surface area contributed by atoms with Gasteiger partial charge in [0.1, 0.15) is 0 Å². The van der Waals surface area contributed by atoms with Crippen molar-refractivity contribution < 1.29 is 5.11 Å². The molecule has 0 amide bonds. The molecule has 2 aliphatic rings. The highest BCUT2D eigenvalue weighted by Gasteiger charge is 2.39. The van der Waals surface area contributed by atoms with Crippen molar-refractivity contribution in [2.24, 2.45) is 5.92 Å². The van der Waals surface area contributed by atoms with Crippen molar-refractivity contribution in [2.75, 3.05) is 17.7 Å². The topological polar surface area (TPSA) is 88.8 Å². The van der Waals surface area contributed by atoms with E-state index in [4.69, 9.17) is 9.97 Å². The first-order valence-corrected chi connectivity index (χ1v) is 12.4. The molecule has 0 bridgehead atoms. The van der Waals surface area contributed by atoms with Crippen LogP contribution in [0.4, 0.5) is 5.82 Å². The number of aromatic nitrogens is 5. The summed E-state index contributed by atoms with van der Waals surface area (Å²) in [6, 6.07) is 11.3.